The molecule has 2 atom stereocenters. The molecule has 2 rings (SSSR count). The second-order valence-electron chi connectivity index (χ2n) is 10.7. The van der Waals surface area contributed by atoms with E-state index in [2.05, 4.69) is 21.3 Å². The van der Waals surface area contributed by atoms with Crippen LogP contribution in [0.15, 0.2) is 30.3 Å². The summed E-state index contributed by atoms with van der Waals surface area (Å²) >= 11 is 7.58. The van der Waals surface area contributed by atoms with Gasteiger partial charge in [0.25, 0.3) is 5.78 Å². The highest BCUT2D eigenvalue weighted by Crippen LogP contribution is 2.31. The number of carboxylic acid groups (broad SMARTS) is 3. The summed E-state index contributed by atoms with van der Waals surface area (Å²) in [4.78, 5) is 83.9. The summed E-state index contributed by atoms with van der Waals surface area (Å²) in [5.41, 5.74) is 0.574. The molecule has 3 amide bonds. The number of aliphatic carboxylic acids is 2. The van der Waals surface area contributed by atoms with Gasteiger partial charge in [-0.05, 0) is 67.0 Å². The molecule has 0 saturated heterocycles. The first-order valence-electron chi connectivity index (χ1n) is 15.0. The highest BCUT2D eigenvalue weighted by molar-refractivity contribution is 7.98. The molecule has 0 aromatic heterocycles. The van der Waals surface area contributed by atoms with Crippen LogP contribution < -0.4 is 21.3 Å². The molecule has 16 heteroatoms. The van der Waals surface area contributed by atoms with Crippen LogP contribution in [0, 0.1) is 0 Å². The Hall–Kier alpha value is -4.63. The third-order valence-corrected chi connectivity index (χ3v) is 7.95. The SMILES string of the molecule is CCc1cc(C[C@H](NC(C)=O)C(=O)NCCCCC(=O)N[C@@H](CCSC)C(=O)O)ccc1Nc1cc(Cl)cc(C(=O)C(=O)O)c1C(=O)O. The summed E-state index contributed by atoms with van der Waals surface area (Å²) < 4.78 is 0. The molecular formula is C32H39ClN4O10S. The van der Waals surface area contributed by atoms with Gasteiger partial charge < -0.3 is 36.6 Å². The summed E-state index contributed by atoms with van der Waals surface area (Å²) in [6.45, 7) is 3.34. The van der Waals surface area contributed by atoms with Crippen molar-refractivity contribution in [2.75, 3.05) is 23.9 Å². The van der Waals surface area contributed by atoms with Crippen molar-refractivity contribution < 1.29 is 48.9 Å². The van der Waals surface area contributed by atoms with Crippen LogP contribution in [-0.4, -0.2) is 87.4 Å². The molecule has 0 unspecified atom stereocenters. The van der Waals surface area contributed by atoms with Gasteiger partial charge in [0.1, 0.15) is 12.1 Å². The van der Waals surface area contributed by atoms with Crippen LogP contribution in [-0.2, 0) is 36.8 Å². The number of ketones is 1. The molecular weight excluding hydrogens is 668 g/mol. The first-order chi connectivity index (χ1) is 22.7. The monoisotopic (exact) mass is 706 g/mol. The third-order valence-electron chi connectivity index (χ3n) is 7.08. The molecule has 0 spiro atoms. The van der Waals surface area contributed by atoms with Gasteiger partial charge in [0.05, 0.1) is 11.3 Å². The summed E-state index contributed by atoms with van der Waals surface area (Å²) in [5, 5.41) is 39.0. The van der Waals surface area contributed by atoms with E-state index in [1.807, 2.05) is 13.2 Å². The third kappa shape index (κ3) is 12.2. The van der Waals surface area contributed by atoms with Crippen LogP contribution in [0.25, 0.3) is 0 Å². The van der Waals surface area contributed by atoms with Gasteiger partial charge in [-0.25, -0.2) is 14.4 Å². The van der Waals surface area contributed by atoms with Gasteiger partial charge in [-0.1, -0.05) is 30.7 Å². The first kappa shape index (κ1) is 39.5. The second-order valence-corrected chi connectivity index (χ2v) is 12.2. The molecule has 2 aromatic carbocycles. The predicted octanol–water partition coefficient (Wildman–Crippen LogP) is 3.27. The number of nitrogens with one attached hydrogen (secondary N) is 4. The number of benzene rings is 2. The number of halogens is 1. The molecule has 0 aliphatic carbocycles. The Balaban J connectivity index is 2.11. The van der Waals surface area contributed by atoms with Crippen LogP contribution in [0.2, 0.25) is 5.02 Å². The number of carbonyl (C=O) groups excluding carboxylic acids is 4. The highest BCUT2D eigenvalue weighted by Gasteiger charge is 2.27. The zero-order chi connectivity index (χ0) is 36.0. The lowest BCUT2D eigenvalue weighted by atomic mass is 9.98. The van der Waals surface area contributed by atoms with E-state index in [9.17, 15) is 43.8 Å². The molecule has 0 bridgehead atoms. The number of aromatic carboxylic acids is 1. The number of amides is 3. The lowest BCUT2D eigenvalue weighted by molar-refractivity contribution is -0.141. The van der Waals surface area contributed by atoms with Gasteiger partial charge in [-0.3, -0.25) is 19.2 Å². The van der Waals surface area contributed by atoms with E-state index in [1.54, 1.807) is 18.2 Å². The van der Waals surface area contributed by atoms with E-state index >= 15 is 0 Å². The quantitative estimate of drug-likeness (QED) is 0.0598. The molecule has 48 heavy (non-hydrogen) atoms. The Bertz CT molecular complexity index is 1550. The van der Waals surface area contributed by atoms with Crippen LogP contribution >= 0.6 is 23.4 Å². The molecule has 0 fully saturated rings. The van der Waals surface area contributed by atoms with Gasteiger partial charge in [-0.15, -0.1) is 0 Å². The first-order valence-corrected chi connectivity index (χ1v) is 16.7. The van der Waals surface area contributed by atoms with Crippen LogP contribution in [0.1, 0.15) is 71.4 Å². The van der Waals surface area contributed by atoms with Crippen molar-refractivity contribution in [3.63, 3.8) is 0 Å². The van der Waals surface area contributed by atoms with E-state index in [0.717, 1.165) is 6.07 Å². The average molecular weight is 707 g/mol. The maximum atomic E-state index is 13.0. The lowest BCUT2D eigenvalue weighted by Gasteiger charge is -2.20. The largest absolute Gasteiger partial charge is 0.480 e. The minimum atomic E-state index is -1.84. The minimum Gasteiger partial charge on any atom is -0.480 e. The fourth-order valence-corrected chi connectivity index (χ4v) is 5.45. The van der Waals surface area contributed by atoms with Crippen LogP contribution in [0.4, 0.5) is 11.4 Å². The molecule has 0 radical (unpaired) electrons. The Morgan fingerprint density at radius 1 is 0.917 bits per heavy atom. The molecule has 260 valence electrons. The Morgan fingerprint density at radius 3 is 2.21 bits per heavy atom. The van der Waals surface area contributed by atoms with Crippen molar-refractivity contribution in [1.82, 2.24) is 16.0 Å². The standard InChI is InChI=1S/C32H39ClN4O10S/c1-4-19-13-18(8-9-22(19)36-24-16-20(33)15-21(27(24)31(44)45)28(40)32(46)47)14-25(35-17(2)38)29(41)34-11-6-5-7-26(39)37-23(30(42)43)10-12-48-3/h8-9,13,15-16,23,25,36H,4-7,10-12,14H2,1-3H3,(H,34,41)(H,35,38)(H,37,39)(H,42,43)(H,44,45)(H,46,47)/t23-,25-/m0/s1. The van der Waals surface area contributed by atoms with Crippen molar-refractivity contribution in [1.29, 1.82) is 0 Å². The molecule has 0 aliphatic rings. The zero-order valence-electron chi connectivity index (χ0n) is 26.7. The summed E-state index contributed by atoms with van der Waals surface area (Å²) in [6.07, 6.45) is 3.66. The minimum absolute atomic E-state index is 0.0531. The number of aryl methyl sites for hydroxylation is 1. The molecule has 7 N–H and O–H groups in total. The molecule has 0 saturated carbocycles. The van der Waals surface area contributed by atoms with Crippen LogP contribution in [0.5, 0.6) is 0 Å². The van der Waals surface area contributed by atoms with Crippen LogP contribution in [0.3, 0.4) is 0 Å². The maximum absolute atomic E-state index is 13.0. The van der Waals surface area contributed by atoms with Gasteiger partial charge in [0.2, 0.25) is 17.7 Å². The Morgan fingerprint density at radius 2 is 1.62 bits per heavy atom. The number of thioether (sulfide) groups is 1. The fourth-order valence-electron chi connectivity index (χ4n) is 4.76. The molecule has 0 aliphatic heterocycles. The van der Waals surface area contributed by atoms with E-state index in [-0.39, 0.29) is 36.0 Å². The zero-order valence-corrected chi connectivity index (χ0v) is 28.3. The summed E-state index contributed by atoms with van der Waals surface area (Å²) in [5.74, 6) is -6.56. The van der Waals surface area contributed by atoms with Crippen molar-refractivity contribution in [2.24, 2.45) is 0 Å². The Kier molecular flexibility index (Phi) is 15.9. The van der Waals surface area contributed by atoms with Crippen molar-refractivity contribution in [3.05, 3.63) is 57.6 Å². The van der Waals surface area contributed by atoms with E-state index < -0.39 is 58.7 Å². The second kappa shape index (κ2) is 19.3. The number of hydrogen-bond acceptors (Lipinski definition) is 9. The number of unbranched alkanes of at least 4 members (excludes halogenated alkanes) is 1. The molecule has 0 heterocycles. The molecule has 14 nitrogen and oxygen atoms in total. The van der Waals surface area contributed by atoms with E-state index in [1.165, 1.54) is 24.8 Å². The predicted molar refractivity (Wildman–Crippen MR) is 180 cm³/mol. The lowest BCUT2D eigenvalue weighted by Crippen LogP contribution is -2.47. The van der Waals surface area contributed by atoms with Gasteiger partial charge >= 0.3 is 17.9 Å². The van der Waals surface area contributed by atoms with Crippen molar-refractivity contribution in [3.8, 4) is 0 Å². The summed E-state index contributed by atoms with van der Waals surface area (Å²) in [7, 11) is 0. The average Bonchev–Trinajstić information content (AvgIpc) is 3.01. The number of Topliss-reactive ketones (excluding diaryl/α,β-unsaturated/α-hetero) is 1. The highest BCUT2D eigenvalue weighted by atomic mass is 35.5. The van der Waals surface area contributed by atoms with E-state index in [0.29, 0.717) is 48.3 Å². The number of hydrogen-bond donors (Lipinski definition) is 7. The number of anilines is 2. The van der Waals surface area contributed by atoms with Gasteiger partial charge in [0.15, 0.2) is 0 Å². The fraction of sp³-hybridized carbons (Fsp3) is 0.406. The maximum Gasteiger partial charge on any atom is 0.377 e. The normalized spacial score (nSPS) is 11.9. The topological polar surface area (TPSA) is 228 Å². The number of rotatable bonds is 20. The number of carboxylic acids is 3. The van der Waals surface area contributed by atoms with E-state index in [4.69, 9.17) is 16.7 Å². The smallest absolute Gasteiger partial charge is 0.377 e. The van der Waals surface area contributed by atoms with Gasteiger partial charge in [-0.2, -0.15) is 11.8 Å². The van der Waals surface area contributed by atoms with Crippen molar-refractivity contribution >= 4 is 76.2 Å². The number of carbonyl (C=O) groups is 7. The van der Waals surface area contributed by atoms with Gasteiger partial charge in [0, 0.05) is 42.6 Å². The Labute approximate surface area is 286 Å². The van der Waals surface area contributed by atoms with Crippen molar-refractivity contribution in [2.45, 2.75) is 64.5 Å². The summed E-state index contributed by atoms with van der Waals surface area (Å²) in [6, 6.07) is 5.41. The molecule has 2 aromatic rings.